The maximum atomic E-state index is 12.9. The molecule has 108 valence electrons. The van der Waals surface area contributed by atoms with Crippen molar-refractivity contribution in [3.8, 4) is 0 Å². The highest BCUT2D eigenvalue weighted by Gasteiger charge is 2.33. The number of carbonyl (C=O) groups is 1. The molecule has 0 aromatic heterocycles. The van der Waals surface area contributed by atoms with E-state index >= 15 is 0 Å². The summed E-state index contributed by atoms with van der Waals surface area (Å²) >= 11 is 0. The van der Waals surface area contributed by atoms with Crippen LogP contribution in [0.25, 0.3) is 0 Å². The quantitative estimate of drug-likeness (QED) is 0.917. The van der Waals surface area contributed by atoms with Crippen LogP contribution in [0.4, 0.5) is 0 Å². The summed E-state index contributed by atoms with van der Waals surface area (Å²) in [6, 6.07) is 8.69. The third-order valence-corrected chi connectivity index (χ3v) is 4.75. The smallest absolute Gasteiger partial charge is 0.244 e. The Morgan fingerprint density at radius 2 is 2.05 bits per heavy atom. The maximum Gasteiger partial charge on any atom is 0.244 e. The second-order valence-electron chi connectivity index (χ2n) is 5.90. The van der Waals surface area contributed by atoms with Crippen LogP contribution in [0.2, 0.25) is 0 Å². The SMILES string of the molecule is CCN(C(=O)C1NCCc2ccccc21)C1CCCC1. The van der Waals surface area contributed by atoms with Crippen molar-refractivity contribution in [1.82, 2.24) is 10.2 Å². The van der Waals surface area contributed by atoms with E-state index in [2.05, 4.69) is 35.3 Å². The van der Waals surface area contributed by atoms with Crippen LogP contribution in [-0.4, -0.2) is 29.9 Å². The molecule has 0 radical (unpaired) electrons. The third kappa shape index (κ3) is 2.47. The maximum absolute atomic E-state index is 12.9. The number of likely N-dealkylation sites (N-methyl/N-ethyl adjacent to an activating group) is 1. The molecule has 0 spiro atoms. The summed E-state index contributed by atoms with van der Waals surface area (Å²) in [6.07, 6.45) is 5.91. The molecule has 2 aliphatic rings. The van der Waals surface area contributed by atoms with Gasteiger partial charge in [-0.15, -0.1) is 0 Å². The first kappa shape index (κ1) is 13.6. The van der Waals surface area contributed by atoms with Gasteiger partial charge in [-0.3, -0.25) is 4.79 Å². The van der Waals surface area contributed by atoms with Crippen LogP contribution in [-0.2, 0) is 11.2 Å². The summed E-state index contributed by atoms with van der Waals surface area (Å²) in [5, 5.41) is 3.42. The molecule has 1 heterocycles. The zero-order chi connectivity index (χ0) is 13.9. The number of nitrogens with zero attached hydrogens (tertiary/aromatic N) is 1. The molecule has 3 nitrogen and oxygen atoms in total. The van der Waals surface area contributed by atoms with Crippen LogP contribution in [0.15, 0.2) is 24.3 Å². The fourth-order valence-electron chi connectivity index (χ4n) is 3.70. The van der Waals surface area contributed by atoms with Crippen LogP contribution < -0.4 is 5.32 Å². The second kappa shape index (κ2) is 5.96. The molecule has 3 heteroatoms. The molecule has 1 aromatic carbocycles. The molecule has 1 atom stereocenters. The molecule has 3 rings (SSSR count). The van der Waals surface area contributed by atoms with Gasteiger partial charge < -0.3 is 10.2 Å². The van der Waals surface area contributed by atoms with Gasteiger partial charge >= 0.3 is 0 Å². The Morgan fingerprint density at radius 3 is 2.80 bits per heavy atom. The lowest BCUT2D eigenvalue weighted by Gasteiger charge is -2.34. The number of hydrogen-bond acceptors (Lipinski definition) is 2. The Morgan fingerprint density at radius 1 is 1.30 bits per heavy atom. The Balaban J connectivity index is 1.83. The fraction of sp³-hybridized carbons (Fsp3) is 0.588. The third-order valence-electron chi connectivity index (χ3n) is 4.75. The van der Waals surface area contributed by atoms with E-state index in [1.54, 1.807) is 0 Å². The number of carbonyl (C=O) groups excluding carboxylic acids is 1. The zero-order valence-corrected chi connectivity index (χ0v) is 12.3. The van der Waals surface area contributed by atoms with Crippen LogP contribution in [0.5, 0.6) is 0 Å². The molecule has 1 N–H and O–H groups in total. The van der Waals surface area contributed by atoms with Gasteiger partial charge in [0.25, 0.3) is 0 Å². The van der Waals surface area contributed by atoms with Crippen molar-refractivity contribution < 1.29 is 4.79 Å². The Hall–Kier alpha value is -1.35. The minimum Gasteiger partial charge on any atom is -0.338 e. The minimum atomic E-state index is -0.138. The van der Waals surface area contributed by atoms with Gasteiger partial charge in [0.1, 0.15) is 6.04 Å². The van der Waals surface area contributed by atoms with E-state index in [1.807, 2.05) is 6.07 Å². The van der Waals surface area contributed by atoms with Crippen molar-refractivity contribution in [1.29, 1.82) is 0 Å². The monoisotopic (exact) mass is 272 g/mol. The lowest BCUT2D eigenvalue weighted by molar-refractivity contribution is -0.135. The number of hydrogen-bond donors (Lipinski definition) is 1. The molecule has 1 aliphatic heterocycles. The predicted octanol–water partition coefficient (Wildman–Crippen LogP) is 2.66. The number of fused-ring (bicyclic) bond motifs is 1. The van der Waals surface area contributed by atoms with Gasteiger partial charge in [-0.2, -0.15) is 0 Å². The summed E-state index contributed by atoms with van der Waals surface area (Å²) in [5.74, 6) is 0.270. The van der Waals surface area contributed by atoms with Crippen molar-refractivity contribution in [2.24, 2.45) is 0 Å². The molecular formula is C17H24N2O. The first-order chi connectivity index (χ1) is 9.81. The molecule has 0 bridgehead atoms. The van der Waals surface area contributed by atoms with Gasteiger partial charge in [0, 0.05) is 19.1 Å². The molecule has 0 saturated heterocycles. The highest BCUT2D eigenvalue weighted by atomic mass is 16.2. The zero-order valence-electron chi connectivity index (χ0n) is 12.3. The van der Waals surface area contributed by atoms with Crippen molar-refractivity contribution in [2.75, 3.05) is 13.1 Å². The average molecular weight is 272 g/mol. The van der Waals surface area contributed by atoms with E-state index in [-0.39, 0.29) is 11.9 Å². The summed E-state index contributed by atoms with van der Waals surface area (Å²) in [4.78, 5) is 15.0. The number of rotatable bonds is 3. The van der Waals surface area contributed by atoms with Gasteiger partial charge in [0.15, 0.2) is 0 Å². The highest BCUT2D eigenvalue weighted by molar-refractivity contribution is 5.84. The highest BCUT2D eigenvalue weighted by Crippen LogP contribution is 2.29. The summed E-state index contributed by atoms with van der Waals surface area (Å²) in [7, 11) is 0. The van der Waals surface area contributed by atoms with E-state index in [0.29, 0.717) is 6.04 Å². The first-order valence-electron chi connectivity index (χ1n) is 7.93. The van der Waals surface area contributed by atoms with Crippen LogP contribution in [0, 0.1) is 0 Å². The van der Waals surface area contributed by atoms with Gasteiger partial charge in [0.2, 0.25) is 5.91 Å². The van der Waals surface area contributed by atoms with Gasteiger partial charge in [-0.1, -0.05) is 37.1 Å². The minimum absolute atomic E-state index is 0.138. The Bertz CT molecular complexity index is 480. The number of amides is 1. The molecule has 1 fully saturated rings. The van der Waals surface area contributed by atoms with Crippen molar-refractivity contribution in [3.63, 3.8) is 0 Å². The van der Waals surface area contributed by atoms with E-state index < -0.39 is 0 Å². The molecule has 1 unspecified atom stereocenters. The lowest BCUT2D eigenvalue weighted by Crippen LogP contribution is -2.47. The molecule has 1 aliphatic carbocycles. The van der Waals surface area contributed by atoms with Crippen LogP contribution in [0.1, 0.15) is 49.8 Å². The van der Waals surface area contributed by atoms with Crippen molar-refractivity contribution in [3.05, 3.63) is 35.4 Å². The Labute approximate surface area is 121 Å². The summed E-state index contributed by atoms with van der Waals surface area (Å²) in [5.41, 5.74) is 2.51. The Kier molecular flexibility index (Phi) is 4.06. The van der Waals surface area contributed by atoms with E-state index in [1.165, 1.54) is 36.8 Å². The fourth-order valence-corrected chi connectivity index (χ4v) is 3.70. The molecule has 1 aromatic rings. The normalized spacial score (nSPS) is 22.6. The predicted molar refractivity (Wildman–Crippen MR) is 80.5 cm³/mol. The van der Waals surface area contributed by atoms with E-state index in [9.17, 15) is 4.79 Å². The second-order valence-corrected chi connectivity index (χ2v) is 5.90. The summed E-state index contributed by atoms with van der Waals surface area (Å²) < 4.78 is 0. The standard InChI is InChI=1S/C17H24N2O/c1-2-19(14-8-4-5-9-14)17(20)16-15-10-6-3-7-13(15)11-12-18-16/h3,6-7,10,14,16,18H,2,4-5,8-9,11-12H2,1H3. The number of nitrogens with one attached hydrogen (secondary N) is 1. The first-order valence-corrected chi connectivity index (χ1v) is 7.93. The van der Waals surface area contributed by atoms with Gasteiger partial charge in [0.05, 0.1) is 0 Å². The molecule has 1 amide bonds. The van der Waals surface area contributed by atoms with E-state index in [4.69, 9.17) is 0 Å². The molecular weight excluding hydrogens is 248 g/mol. The summed E-state index contributed by atoms with van der Waals surface area (Å²) in [6.45, 7) is 3.82. The van der Waals surface area contributed by atoms with Crippen molar-refractivity contribution >= 4 is 5.91 Å². The van der Waals surface area contributed by atoms with Crippen LogP contribution >= 0.6 is 0 Å². The topological polar surface area (TPSA) is 32.3 Å². The molecule has 20 heavy (non-hydrogen) atoms. The number of benzene rings is 1. The van der Waals surface area contributed by atoms with Gasteiger partial charge in [-0.05, 0) is 37.3 Å². The lowest BCUT2D eigenvalue weighted by atomic mass is 9.93. The van der Waals surface area contributed by atoms with E-state index in [0.717, 1.165) is 19.5 Å². The van der Waals surface area contributed by atoms with Crippen molar-refractivity contribution in [2.45, 2.75) is 51.1 Å². The van der Waals surface area contributed by atoms with Gasteiger partial charge in [-0.25, -0.2) is 0 Å². The molecule has 1 saturated carbocycles. The van der Waals surface area contributed by atoms with Crippen LogP contribution in [0.3, 0.4) is 0 Å². The largest absolute Gasteiger partial charge is 0.338 e. The average Bonchev–Trinajstić information content (AvgIpc) is 3.01.